The van der Waals surface area contributed by atoms with Gasteiger partial charge in [0.2, 0.25) is 0 Å². The summed E-state index contributed by atoms with van der Waals surface area (Å²) in [7, 11) is 0. The predicted octanol–water partition coefficient (Wildman–Crippen LogP) is 4.99. The molecule has 18 heavy (non-hydrogen) atoms. The highest BCUT2D eigenvalue weighted by molar-refractivity contribution is 9.10. The summed E-state index contributed by atoms with van der Waals surface area (Å²) >= 11 is 9.30. The Morgan fingerprint density at radius 3 is 2.67 bits per heavy atom. The zero-order valence-corrected chi connectivity index (χ0v) is 11.5. The third-order valence-electron chi connectivity index (χ3n) is 2.43. The molecule has 0 aliphatic heterocycles. The molecule has 0 aromatic heterocycles. The van der Waals surface area contributed by atoms with Gasteiger partial charge < -0.3 is 5.32 Å². The van der Waals surface area contributed by atoms with Gasteiger partial charge in [0, 0.05) is 16.6 Å². The minimum atomic E-state index is -0.851. The highest BCUT2D eigenvalue weighted by atomic mass is 79.9. The molecular weight excluding hydrogens is 324 g/mol. The lowest BCUT2D eigenvalue weighted by Crippen LogP contribution is -2.03. The molecule has 0 radical (unpaired) electrons. The number of rotatable bonds is 3. The van der Waals surface area contributed by atoms with Gasteiger partial charge in [-0.2, -0.15) is 0 Å². The number of anilines is 1. The number of halogens is 4. The molecule has 1 N–H and O–H groups in total. The maximum atomic E-state index is 13.4. The van der Waals surface area contributed by atoms with Crippen molar-refractivity contribution in [3.8, 4) is 0 Å². The zero-order chi connectivity index (χ0) is 13.1. The first-order valence-corrected chi connectivity index (χ1v) is 6.37. The summed E-state index contributed by atoms with van der Waals surface area (Å²) in [6, 6.07) is 9.40. The summed E-state index contributed by atoms with van der Waals surface area (Å²) in [5.41, 5.74) is 0.928. The Bertz CT molecular complexity index is 575. The minimum Gasteiger partial charge on any atom is -0.380 e. The first kappa shape index (κ1) is 13.3. The van der Waals surface area contributed by atoms with Crippen molar-refractivity contribution in [2.45, 2.75) is 6.54 Å². The molecule has 0 bridgehead atoms. The van der Waals surface area contributed by atoms with Crippen molar-refractivity contribution in [1.82, 2.24) is 0 Å². The van der Waals surface area contributed by atoms with Gasteiger partial charge in [-0.1, -0.05) is 39.7 Å². The maximum Gasteiger partial charge on any atom is 0.163 e. The summed E-state index contributed by atoms with van der Waals surface area (Å²) in [5.74, 6) is -1.69. The number of hydrogen-bond acceptors (Lipinski definition) is 1. The normalized spacial score (nSPS) is 10.4. The van der Waals surface area contributed by atoms with Gasteiger partial charge in [0.05, 0.1) is 10.7 Å². The largest absolute Gasteiger partial charge is 0.380 e. The molecule has 0 spiro atoms. The molecule has 0 atom stereocenters. The minimum absolute atomic E-state index is 0.172. The van der Waals surface area contributed by atoms with Crippen LogP contribution >= 0.6 is 27.5 Å². The molecule has 2 aromatic rings. The van der Waals surface area contributed by atoms with Crippen molar-refractivity contribution in [3.05, 3.63) is 63.1 Å². The summed E-state index contributed by atoms with van der Waals surface area (Å²) in [6.45, 7) is 0.172. The van der Waals surface area contributed by atoms with E-state index >= 15 is 0 Å². The smallest absolute Gasteiger partial charge is 0.163 e. The molecular formula is C13H9BrClF2N. The van der Waals surface area contributed by atoms with Gasteiger partial charge in [-0.3, -0.25) is 0 Å². The molecule has 5 heteroatoms. The van der Waals surface area contributed by atoms with Crippen LogP contribution in [0.25, 0.3) is 0 Å². The van der Waals surface area contributed by atoms with Crippen molar-refractivity contribution in [2.75, 3.05) is 5.32 Å². The van der Waals surface area contributed by atoms with Crippen LogP contribution in [0.2, 0.25) is 5.02 Å². The first-order valence-electron chi connectivity index (χ1n) is 5.20. The van der Waals surface area contributed by atoms with E-state index in [1.54, 1.807) is 12.1 Å². The highest BCUT2D eigenvalue weighted by Crippen LogP contribution is 2.26. The van der Waals surface area contributed by atoms with E-state index in [0.717, 1.165) is 10.5 Å². The third-order valence-corrected chi connectivity index (χ3v) is 3.24. The summed E-state index contributed by atoms with van der Waals surface area (Å²) in [5, 5.41) is 3.48. The molecule has 0 saturated carbocycles. The second-order valence-corrected chi connectivity index (χ2v) is 5.01. The van der Waals surface area contributed by atoms with Crippen LogP contribution in [0.5, 0.6) is 0 Å². The molecule has 2 aromatic carbocycles. The van der Waals surface area contributed by atoms with Crippen molar-refractivity contribution in [2.24, 2.45) is 0 Å². The Kier molecular flexibility index (Phi) is 4.19. The van der Waals surface area contributed by atoms with Crippen molar-refractivity contribution in [3.63, 3.8) is 0 Å². The van der Waals surface area contributed by atoms with Gasteiger partial charge in [-0.05, 0) is 24.3 Å². The fourth-order valence-electron chi connectivity index (χ4n) is 1.51. The second kappa shape index (κ2) is 5.67. The molecule has 0 amide bonds. The summed E-state index contributed by atoms with van der Waals surface area (Å²) < 4.78 is 27.3. The Labute approximate surface area is 117 Å². The van der Waals surface area contributed by atoms with Crippen molar-refractivity contribution < 1.29 is 8.78 Å². The van der Waals surface area contributed by atoms with Crippen LogP contribution in [0.3, 0.4) is 0 Å². The van der Waals surface area contributed by atoms with Crippen LogP contribution in [0, 0.1) is 11.6 Å². The van der Waals surface area contributed by atoms with Crippen LogP contribution in [0.1, 0.15) is 5.56 Å². The molecule has 94 valence electrons. The van der Waals surface area contributed by atoms with E-state index < -0.39 is 11.6 Å². The lowest BCUT2D eigenvalue weighted by Gasteiger charge is -2.09. The molecule has 0 aliphatic carbocycles. The van der Waals surface area contributed by atoms with Crippen LogP contribution in [-0.2, 0) is 6.54 Å². The van der Waals surface area contributed by atoms with Crippen LogP contribution in [-0.4, -0.2) is 0 Å². The average Bonchev–Trinajstić information content (AvgIpc) is 2.33. The molecule has 0 fully saturated rings. The lowest BCUT2D eigenvalue weighted by molar-refractivity contribution is 0.500. The SMILES string of the molecule is Fc1cccc(CNc2ccc(Br)cc2Cl)c1F. The molecule has 0 unspecified atom stereocenters. The molecule has 0 aliphatic rings. The number of benzene rings is 2. The van der Waals surface area contributed by atoms with E-state index in [9.17, 15) is 8.78 Å². The van der Waals surface area contributed by atoms with E-state index in [-0.39, 0.29) is 12.1 Å². The van der Waals surface area contributed by atoms with Crippen LogP contribution < -0.4 is 5.32 Å². The van der Waals surface area contributed by atoms with Crippen LogP contribution in [0.15, 0.2) is 40.9 Å². The molecule has 0 heterocycles. The molecule has 2 rings (SSSR count). The van der Waals surface area contributed by atoms with E-state index in [1.165, 1.54) is 12.1 Å². The number of nitrogens with one attached hydrogen (secondary N) is 1. The molecule has 0 saturated heterocycles. The maximum absolute atomic E-state index is 13.4. The standard InChI is InChI=1S/C13H9BrClF2N/c14-9-4-5-12(10(15)6-9)18-7-8-2-1-3-11(16)13(8)17/h1-6,18H,7H2. The van der Waals surface area contributed by atoms with Gasteiger partial charge in [0.15, 0.2) is 11.6 Å². The van der Waals surface area contributed by atoms with Crippen molar-refractivity contribution >= 4 is 33.2 Å². The Hall–Kier alpha value is -1.13. The predicted molar refractivity (Wildman–Crippen MR) is 72.8 cm³/mol. The van der Waals surface area contributed by atoms with Gasteiger partial charge in [0.25, 0.3) is 0 Å². The fourth-order valence-corrected chi connectivity index (χ4v) is 2.25. The van der Waals surface area contributed by atoms with Gasteiger partial charge in [0.1, 0.15) is 0 Å². The summed E-state index contributed by atoms with van der Waals surface area (Å²) in [6.07, 6.45) is 0. The van der Waals surface area contributed by atoms with E-state index in [1.807, 2.05) is 6.07 Å². The quantitative estimate of drug-likeness (QED) is 0.834. The Balaban J connectivity index is 2.14. The van der Waals surface area contributed by atoms with E-state index in [0.29, 0.717) is 10.7 Å². The average molecular weight is 333 g/mol. The van der Waals surface area contributed by atoms with E-state index in [4.69, 9.17) is 11.6 Å². The van der Waals surface area contributed by atoms with Gasteiger partial charge in [-0.25, -0.2) is 8.78 Å². The molecule has 1 nitrogen and oxygen atoms in total. The topological polar surface area (TPSA) is 12.0 Å². The monoisotopic (exact) mass is 331 g/mol. The number of hydrogen-bond donors (Lipinski definition) is 1. The highest BCUT2D eigenvalue weighted by Gasteiger charge is 2.08. The van der Waals surface area contributed by atoms with Crippen LogP contribution in [0.4, 0.5) is 14.5 Å². The second-order valence-electron chi connectivity index (χ2n) is 3.69. The van der Waals surface area contributed by atoms with Crippen molar-refractivity contribution in [1.29, 1.82) is 0 Å². The zero-order valence-electron chi connectivity index (χ0n) is 9.18. The van der Waals surface area contributed by atoms with E-state index in [2.05, 4.69) is 21.2 Å². The van der Waals surface area contributed by atoms with Gasteiger partial charge in [-0.15, -0.1) is 0 Å². The lowest BCUT2D eigenvalue weighted by atomic mass is 10.2. The Morgan fingerprint density at radius 1 is 1.17 bits per heavy atom. The third kappa shape index (κ3) is 3.00. The fraction of sp³-hybridized carbons (Fsp3) is 0.0769. The Morgan fingerprint density at radius 2 is 1.94 bits per heavy atom. The van der Waals surface area contributed by atoms with Gasteiger partial charge >= 0.3 is 0 Å². The summed E-state index contributed by atoms with van der Waals surface area (Å²) in [4.78, 5) is 0. The first-order chi connectivity index (χ1) is 8.58.